The molecule has 3 rings (SSSR count). The number of hydrogen-bond acceptors (Lipinski definition) is 5. The fourth-order valence-corrected chi connectivity index (χ4v) is 4.45. The van der Waals surface area contributed by atoms with Crippen molar-refractivity contribution < 1.29 is 32.3 Å². The van der Waals surface area contributed by atoms with Crippen molar-refractivity contribution in [2.24, 2.45) is 0 Å². The van der Waals surface area contributed by atoms with E-state index in [4.69, 9.17) is 4.74 Å². The fourth-order valence-electron chi connectivity index (χ4n) is 4.45. The smallest absolute Gasteiger partial charge is 0.416 e. The second-order valence-corrected chi connectivity index (χ2v) is 8.56. The monoisotopic (exact) mass is 511 g/mol. The number of ether oxygens (including phenoxy) is 1. The van der Waals surface area contributed by atoms with Crippen molar-refractivity contribution in [2.45, 2.75) is 32.5 Å². The average molecular weight is 512 g/mol. The van der Waals surface area contributed by atoms with Gasteiger partial charge < -0.3 is 20.3 Å². The van der Waals surface area contributed by atoms with Gasteiger partial charge in [0, 0.05) is 52.0 Å². The van der Waals surface area contributed by atoms with E-state index < -0.39 is 29.8 Å². The van der Waals surface area contributed by atoms with Crippen molar-refractivity contribution in [3.63, 3.8) is 0 Å². The molecule has 9 nitrogen and oxygen atoms in total. The lowest BCUT2D eigenvalue weighted by atomic mass is 9.90. The number of carbonyl (C=O) groups is 3. The molecule has 0 bridgehead atoms. The molecule has 1 aromatic carbocycles. The summed E-state index contributed by atoms with van der Waals surface area (Å²) in [7, 11) is 1.47. The third-order valence-electron chi connectivity index (χ3n) is 6.23. The first kappa shape index (κ1) is 27.3. The highest BCUT2D eigenvalue weighted by Crippen LogP contribution is 2.39. The Bertz CT molecular complexity index is 1010. The number of esters is 1. The number of benzene rings is 1. The molecular weight excluding hydrogens is 479 g/mol. The van der Waals surface area contributed by atoms with Gasteiger partial charge in [0.1, 0.15) is 0 Å². The summed E-state index contributed by atoms with van der Waals surface area (Å²) in [6, 6.07) is 2.75. The van der Waals surface area contributed by atoms with Gasteiger partial charge in [-0.2, -0.15) is 13.2 Å². The Kier molecular flexibility index (Phi) is 8.83. The Morgan fingerprint density at radius 1 is 1.14 bits per heavy atom. The third kappa shape index (κ3) is 6.10. The number of halogens is 3. The summed E-state index contributed by atoms with van der Waals surface area (Å²) >= 11 is 0. The number of nitrogens with zero attached hydrogens (tertiary/aromatic N) is 3. The molecule has 1 aromatic rings. The van der Waals surface area contributed by atoms with Gasteiger partial charge in [0.15, 0.2) is 0 Å². The van der Waals surface area contributed by atoms with Gasteiger partial charge in [-0.15, -0.1) is 0 Å². The Morgan fingerprint density at radius 3 is 2.53 bits per heavy atom. The van der Waals surface area contributed by atoms with Crippen LogP contribution in [-0.4, -0.2) is 85.7 Å². The van der Waals surface area contributed by atoms with Crippen LogP contribution in [0.4, 0.5) is 22.8 Å². The van der Waals surface area contributed by atoms with E-state index in [9.17, 15) is 27.6 Å². The highest BCUT2D eigenvalue weighted by Gasteiger charge is 2.42. The van der Waals surface area contributed by atoms with Gasteiger partial charge in [-0.25, -0.2) is 14.4 Å². The number of amides is 4. The number of urea groups is 2. The molecule has 12 heteroatoms. The van der Waals surface area contributed by atoms with Gasteiger partial charge in [0.25, 0.3) is 0 Å². The second kappa shape index (κ2) is 11.6. The lowest BCUT2D eigenvalue weighted by Crippen LogP contribution is -2.50. The Balaban J connectivity index is 2.01. The summed E-state index contributed by atoms with van der Waals surface area (Å²) in [6.07, 6.45) is -4.02. The quantitative estimate of drug-likeness (QED) is 0.573. The number of rotatable bonds is 6. The minimum absolute atomic E-state index is 0.0200. The molecule has 36 heavy (non-hydrogen) atoms. The van der Waals surface area contributed by atoms with E-state index in [1.54, 1.807) is 11.8 Å². The lowest BCUT2D eigenvalue weighted by molar-refractivity contribution is -0.141. The molecule has 0 saturated carbocycles. The Labute approximate surface area is 208 Å². The van der Waals surface area contributed by atoms with Crippen LogP contribution in [0.1, 0.15) is 37.4 Å². The van der Waals surface area contributed by atoms with E-state index in [1.807, 2.05) is 11.8 Å². The van der Waals surface area contributed by atoms with Crippen LogP contribution < -0.4 is 10.6 Å². The molecule has 1 fully saturated rings. The average Bonchev–Trinajstić information content (AvgIpc) is 3.07. The molecule has 0 radical (unpaired) electrons. The topological polar surface area (TPSA) is 94.2 Å². The molecule has 2 aliphatic rings. The standard InChI is InChI=1S/C24H32F3N5O4/c1-4-28-22(34)32-12-8-11-31(13-14-32)15-18-19(21(33)36-5-2)20(29-23(35)30(18)3)16-9-6-7-10-17(16)24(25,26)27/h6-7,9-10,20H,4-5,8,11-15H2,1-3H3,(H,28,34)(H,29,35)/t20-/m1/s1. The number of carbonyl (C=O) groups excluding carboxylic acids is 3. The molecule has 0 aromatic heterocycles. The van der Waals surface area contributed by atoms with Crippen LogP contribution in [0.5, 0.6) is 0 Å². The van der Waals surface area contributed by atoms with Gasteiger partial charge >= 0.3 is 24.2 Å². The van der Waals surface area contributed by atoms with Crippen molar-refractivity contribution in [1.29, 1.82) is 0 Å². The van der Waals surface area contributed by atoms with E-state index in [0.29, 0.717) is 39.1 Å². The number of alkyl halides is 3. The summed E-state index contributed by atoms with van der Waals surface area (Å²) in [4.78, 5) is 43.1. The van der Waals surface area contributed by atoms with Gasteiger partial charge in [0.05, 0.1) is 23.8 Å². The van der Waals surface area contributed by atoms with Crippen LogP contribution in [0.25, 0.3) is 0 Å². The van der Waals surface area contributed by atoms with Gasteiger partial charge in [0.2, 0.25) is 0 Å². The molecule has 0 aliphatic carbocycles. The molecular formula is C24H32F3N5O4. The van der Waals surface area contributed by atoms with Gasteiger partial charge in [-0.05, 0) is 31.9 Å². The van der Waals surface area contributed by atoms with E-state index in [2.05, 4.69) is 10.6 Å². The third-order valence-corrected chi connectivity index (χ3v) is 6.23. The van der Waals surface area contributed by atoms with E-state index >= 15 is 0 Å². The van der Waals surface area contributed by atoms with E-state index in [1.165, 1.54) is 30.1 Å². The first-order valence-corrected chi connectivity index (χ1v) is 11.9. The van der Waals surface area contributed by atoms with Gasteiger partial charge in [-0.3, -0.25) is 9.80 Å². The zero-order valence-electron chi connectivity index (χ0n) is 20.7. The van der Waals surface area contributed by atoms with Crippen LogP contribution in [-0.2, 0) is 15.7 Å². The minimum atomic E-state index is -4.68. The molecule has 0 unspecified atom stereocenters. The predicted molar refractivity (Wildman–Crippen MR) is 126 cm³/mol. The predicted octanol–water partition coefficient (Wildman–Crippen LogP) is 2.96. The maximum absolute atomic E-state index is 13.8. The largest absolute Gasteiger partial charge is 0.463 e. The van der Waals surface area contributed by atoms with Crippen LogP contribution >= 0.6 is 0 Å². The molecule has 2 N–H and O–H groups in total. The van der Waals surface area contributed by atoms with Crippen LogP contribution in [0.15, 0.2) is 35.5 Å². The maximum Gasteiger partial charge on any atom is 0.416 e. The first-order valence-electron chi connectivity index (χ1n) is 11.9. The Hall–Kier alpha value is -3.28. The van der Waals surface area contributed by atoms with Crippen molar-refractivity contribution in [2.75, 3.05) is 52.9 Å². The van der Waals surface area contributed by atoms with E-state index in [-0.39, 0.29) is 36.0 Å². The Morgan fingerprint density at radius 2 is 1.86 bits per heavy atom. The fraction of sp³-hybridized carbons (Fsp3) is 0.542. The van der Waals surface area contributed by atoms with Crippen molar-refractivity contribution in [1.82, 2.24) is 25.3 Å². The number of likely N-dealkylation sites (N-methyl/N-ethyl adjacent to an activating group) is 1. The van der Waals surface area contributed by atoms with Crippen molar-refractivity contribution in [3.05, 3.63) is 46.7 Å². The number of nitrogens with one attached hydrogen (secondary N) is 2. The number of hydrogen-bond donors (Lipinski definition) is 2. The highest BCUT2D eigenvalue weighted by atomic mass is 19.4. The molecule has 2 heterocycles. The van der Waals surface area contributed by atoms with Crippen LogP contribution in [0, 0.1) is 0 Å². The van der Waals surface area contributed by atoms with Crippen molar-refractivity contribution >= 4 is 18.0 Å². The normalized spacial score (nSPS) is 19.6. The zero-order valence-corrected chi connectivity index (χ0v) is 20.7. The van der Waals surface area contributed by atoms with Crippen LogP contribution in [0.2, 0.25) is 0 Å². The molecule has 0 spiro atoms. The van der Waals surface area contributed by atoms with Crippen molar-refractivity contribution in [3.8, 4) is 0 Å². The minimum Gasteiger partial charge on any atom is -0.463 e. The zero-order chi connectivity index (χ0) is 26.5. The maximum atomic E-state index is 13.8. The lowest BCUT2D eigenvalue weighted by Gasteiger charge is -2.37. The first-order chi connectivity index (χ1) is 17.1. The molecule has 1 atom stereocenters. The molecule has 4 amide bonds. The van der Waals surface area contributed by atoms with Crippen LogP contribution in [0.3, 0.4) is 0 Å². The summed E-state index contributed by atoms with van der Waals surface area (Å²) in [6.45, 7) is 6.13. The summed E-state index contributed by atoms with van der Waals surface area (Å²) in [5.74, 6) is -0.792. The molecule has 198 valence electrons. The summed E-state index contributed by atoms with van der Waals surface area (Å²) < 4.78 is 46.7. The SMILES string of the molecule is CCNC(=O)N1CCCN(CC2=C(C(=O)OCC)[C@@H](c3ccccc3C(F)(F)F)NC(=O)N2C)CC1. The highest BCUT2D eigenvalue weighted by molar-refractivity contribution is 5.95. The summed E-state index contributed by atoms with van der Waals surface area (Å²) in [5.41, 5.74) is -0.940. The van der Waals surface area contributed by atoms with E-state index in [0.717, 1.165) is 6.07 Å². The summed E-state index contributed by atoms with van der Waals surface area (Å²) in [5, 5.41) is 5.32. The molecule has 2 aliphatic heterocycles. The second-order valence-electron chi connectivity index (χ2n) is 8.56. The molecule has 1 saturated heterocycles. The van der Waals surface area contributed by atoms with Gasteiger partial charge in [-0.1, -0.05) is 18.2 Å².